The molecule has 6 heteroatoms. The Morgan fingerprint density at radius 3 is 2.70 bits per heavy atom. The number of halogens is 1. The van der Waals surface area contributed by atoms with Crippen LogP contribution in [0.5, 0.6) is 0 Å². The minimum atomic E-state index is -0.0640. The highest BCUT2D eigenvalue weighted by Gasteiger charge is 2.24. The number of rotatable bonds is 5. The summed E-state index contributed by atoms with van der Waals surface area (Å²) in [4.78, 5) is 17.1. The average molecular weight is 383 g/mol. The van der Waals surface area contributed by atoms with Crippen LogP contribution in [0.15, 0.2) is 17.1 Å². The van der Waals surface area contributed by atoms with Crippen LogP contribution in [-0.4, -0.2) is 58.2 Å². The molecular weight excluding hydrogens is 356 g/mol. The lowest BCUT2D eigenvalue weighted by molar-refractivity contribution is -0.135. The average Bonchev–Trinajstić information content (AvgIpc) is 2.73. The van der Waals surface area contributed by atoms with Crippen molar-refractivity contribution in [2.75, 3.05) is 32.7 Å². The van der Waals surface area contributed by atoms with Gasteiger partial charge in [0.15, 0.2) is 0 Å². The topological polar surface area (TPSA) is 41.4 Å². The maximum Gasteiger partial charge on any atom is 0.227 e. The standard InChI is InChI=1S/C17H27BrN4O/c1-5-7-20-8-6-9-21(11-10-20)17(23)13(2)12-22-15(4)16(18)14(3)19-22/h5,13H,1,6-12H2,2-4H3. The molecule has 0 spiro atoms. The van der Waals surface area contributed by atoms with Crippen molar-refractivity contribution in [1.29, 1.82) is 0 Å². The highest BCUT2D eigenvalue weighted by Crippen LogP contribution is 2.21. The third-order valence-electron chi connectivity index (χ3n) is 4.45. The molecule has 0 radical (unpaired) electrons. The second kappa shape index (κ2) is 8.11. The van der Waals surface area contributed by atoms with Crippen molar-refractivity contribution in [3.8, 4) is 0 Å². The molecule has 1 aliphatic heterocycles. The van der Waals surface area contributed by atoms with Crippen molar-refractivity contribution in [2.24, 2.45) is 5.92 Å². The van der Waals surface area contributed by atoms with Crippen molar-refractivity contribution >= 4 is 21.8 Å². The van der Waals surface area contributed by atoms with Gasteiger partial charge in [-0.05, 0) is 36.2 Å². The van der Waals surface area contributed by atoms with Crippen LogP contribution in [0, 0.1) is 19.8 Å². The Morgan fingerprint density at radius 1 is 1.35 bits per heavy atom. The Labute approximate surface area is 147 Å². The second-order valence-electron chi connectivity index (χ2n) is 6.34. The Kier molecular flexibility index (Phi) is 6.41. The van der Waals surface area contributed by atoms with Crippen molar-refractivity contribution in [3.05, 3.63) is 28.5 Å². The lowest BCUT2D eigenvalue weighted by Crippen LogP contribution is -2.39. The van der Waals surface area contributed by atoms with Crippen LogP contribution >= 0.6 is 15.9 Å². The number of aryl methyl sites for hydroxylation is 1. The van der Waals surface area contributed by atoms with E-state index in [0.717, 1.165) is 55.0 Å². The quantitative estimate of drug-likeness (QED) is 0.734. The van der Waals surface area contributed by atoms with Crippen LogP contribution in [0.4, 0.5) is 0 Å². The molecule has 1 unspecified atom stereocenters. The summed E-state index contributed by atoms with van der Waals surface area (Å²) in [5, 5.41) is 4.51. The maximum absolute atomic E-state index is 12.8. The van der Waals surface area contributed by atoms with E-state index in [1.54, 1.807) is 0 Å². The van der Waals surface area contributed by atoms with Gasteiger partial charge in [-0.2, -0.15) is 5.10 Å². The van der Waals surface area contributed by atoms with E-state index in [2.05, 4.69) is 32.5 Å². The molecule has 0 saturated carbocycles. The largest absolute Gasteiger partial charge is 0.341 e. The molecule has 1 aromatic rings. The SMILES string of the molecule is C=CCN1CCCN(C(=O)C(C)Cn2nc(C)c(Br)c2C)CC1. The van der Waals surface area contributed by atoms with Crippen LogP contribution < -0.4 is 0 Å². The van der Waals surface area contributed by atoms with Gasteiger partial charge in [0.05, 0.1) is 22.6 Å². The van der Waals surface area contributed by atoms with Gasteiger partial charge in [0.1, 0.15) is 0 Å². The molecule has 0 bridgehead atoms. The van der Waals surface area contributed by atoms with Gasteiger partial charge in [-0.15, -0.1) is 6.58 Å². The molecule has 5 nitrogen and oxygen atoms in total. The van der Waals surface area contributed by atoms with E-state index < -0.39 is 0 Å². The normalized spacial score (nSPS) is 17.8. The van der Waals surface area contributed by atoms with E-state index in [1.165, 1.54) is 0 Å². The van der Waals surface area contributed by atoms with Gasteiger partial charge in [0.2, 0.25) is 5.91 Å². The summed E-state index contributed by atoms with van der Waals surface area (Å²) in [7, 11) is 0. The lowest BCUT2D eigenvalue weighted by Gasteiger charge is -2.24. The summed E-state index contributed by atoms with van der Waals surface area (Å²) in [6.45, 7) is 14.9. The van der Waals surface area contributed by atoms with Crippen LogP contribution in [-0.2, 0) is 11.3 Å². The summed E-state index contributed by atoms with van der Waals surface area (Å²) in [6.07, 6.45) is 2.96. The molecule has 1 aromatic heterocycles. The summed E-state index contributed by atoms with van der Waals surface area (Å²) in [5.41, 5.74) is 2.05. The lowest BCUT2D eigenvalue weighted by atomic mass is 10.1. The highest BCUT2D eigenvalue weighted by atomic mass is 79.9. The zero-order chi connectivity index (χ0) is 17.0. The van der Waals surface area contributed by atoms with E-state index >= 15 is 0 Å². The maximum atomic E-state index is 12.8. The minimum Gasteiger partial charge on any atom is -0.341 e. The number of carbonyl (C=O) groups is 1. The number of amides is 1. The first-order valence-electron chi connectivity index (χ1n) is 8.25. The van der Waals surface area contributed by atoms with E-state index in [1.807, 2.05) is 36.4 Å². The van der Waals surface area contributed by atoms with Gasteiger partial charge in [0, 0.05) is 38.4 Å². The van der Waals surface area contributed by atoms with Gasteiger partial charge >= 0.3 is 0 Å². The molecular formula is C17H27BrN4O. The third kappa shape index (κ3) is 4.44. The molecule has 0 N–H and O–H groups in total. The van der Waals surface area contributed by atoms with Gasteiger partial charge in [-0.1, -0.05) is 13.0 Å². The molecule has 0 aliphatic carbocycles. The third-order valence-corrected chi connectivity index (χ3v) is 5.60. The second-order valence-corrected chi connectivity index (χ2v) is 7.13. The van der Waals surface area contributed by atoms with E-state index in [4.69, 9.17) is 0 Å². The number of hydrogen-bond acceptors (Lipinski definition) is 3. The fourth-order valence-corrected chi connectivity index (χ4v) is 3.34. The highest BCUT2D eigenvalue weighted by molar-refractivity contribution is 9.10. The first kappa shape index (κ1) is 18.2. The van der Waals surface area contributed by atoms with Crippen LogP contribution in [0.3, 0.4) is 0 Å². The molecule has 1 saturated heterocycles. The fourth-order valence-electron chi connectivity index (χ4n) is 3.06. The summed E-state index contributed by atoms with van der Waals surface area (Å²) >= 11 is 3.54. The van der Waals surface area contributed by atoms with Crippen molar-refractivity contribution in [3.63, 3.8) is 0 Å². The summed E-state index contributed by atoms with van der Waals surface area (Å²) in [6, 6.07) is 0. The molecule has 2 rings (SSSR count). The molecule has 1 amide bonds. The van der Waals surface area contributed by atoms with E-state index in [0.29, 0.717) is 6.54 Å². The monoisotopic (exact) mass is 382 g/mol. The van der Waals surface area contributed by atoms with Crippen molar-refractivity contribution < 1.29 is 4.79 Å². The molecule has 23 heavy (non-hydrogen) atoms. The summed E-state index contributed by atoms with van der Waals surface area (Å²) in [5.74, 6) is 0.167. The van der Waals surface area contributed by atoms with Gasteiger partial charge in [-0.3, -0.25) is 14.4 Å². The predicted octanol–water partition coefficient (Wildman–Crippen LogP) is 2.62. The zero-order valence-electron chi connectivity index (χ0n) is 14.4. The molecule has 2 heterocycles. The van der Waals surface area contributed by atoms with Crippen molar-refractivity contribution in [1.82, 2.24) is 19.6 Å². The Balaban J connectivity index is 1.96. The number of aromatic nitrogens is 2. The Morgan fingerprint density at radius 2 is 2.09 bits per heavy atom. The minimum absolute atomic E-state index is 0.0640. The van der Waals surface area contributed by atoms with Gasteiger partial charge in [-0.25, -0.2) is 0 Å². The number of nitrogens with zero attached hydrogens (tertiary/aromatic N) is 4. The van der Waals surface area contributed by atoms with Crippen molar-refractivity contribution in [2.45, 2.75) is 33.7 Å². The Hall–Kier alpha value is -1.14. The first-order chi connectivity index (χ1) is 10.9. The summed E-state index contributed by atoms with van der Waals surface area (Å²) < 4.78 is 2.97. The molecule has 128 valence electrons. The van der Waals surface area contributed by atoms with Crippen LogP contribution in [0.1, 0.15) is 24.7 Å². The predicted molar refractivity (Wildman–Crippen MR) is 96.4 cm³/mol. The van der Waals surface area contributed by atoms with E-state index in [-0.39, 0.29) is 11.8 Å². The van der Waals surface area contributed by atoms with Crippen LogP contribution in [0.25, 0.3) is 0 Å². The smallest absolute Gasteiger partial charge is 0.227 e. The van der Waals surface area contributed by atoms with Gasteiger partial charge < -0.3 is 4.90 Å². The van der Waals surface area contributed by atoms with Gasteiger partial charge in [0.25, 0.3) is 0 Å². The zero-order valence-corrected chi connectivity index (χ0v) is 16.0. The number of hydrogen-bond donors (Lipinski definition) is 0. The fraction of sp³-hybridized carbons (Fsp3) is 0.647. The van der Waals surface area contributed by atoms with E-state index in [9.17, 15) is 4.79 Å². The molecule has 0 aromatic carbocycles. The number of carbonyl (C=O) groups excluding carboxylic acids is 1. The first-order valence-corrected chi connectivity index (χ1v) is 9.05. The van der Waals surface area contributed by atoms with Crippen LogP contribution in [0.2, 0.25) is 0 Å². The molecule has 1 atom stereocenters. The Bertz CT molecular complexity index is 569. The molecule has 1 aliphatic rings. The molecule has 1 fully saturated rings.